The van der Waals surface area contributed by atoms with Gasteiger partial charge in [0.1, 0.15) is 0 Å². The number of carbonyl (C=O) groups is 1. The van der Waals surface area contributed by atoms with Gasteiger partial charge in [0.15, 0.2) is 15.6 Å². The van der Waals surface area contributed by atoms with Crippen molar-refractivity contribution >= 4 is 25.6 Å². The first-order chi connectivity index (χ1) is 11.0. The zero-order valence-electron chi connectivity index (χ0n) is 14.1. The van der Waals surface area contributed by atoms with E-state index in [2.05, 4.69) is 0 Å². The summed E-state index contributed by atoms with van der Waals surface area (Å²) in [4.78, 5) is 11.4. The maximum Gasteiger partial charge on any atom is 0.243 e. The largest absolute Gasteiger partial charge is 0.295 e. The van der Waals surface area contributed by atoms with Crippen LogP contribution in [0.3, 0.4) is 0 Å². The van der Waals surface area contributed by atoms with Crippen molar-refractivity contribution in [3.05, 3.63) is 29.8 Å². The van der Waals surface area contributed by atoms with Crippen molar-refractivity contribution in [3.63, 3.8) is 0 Å². The molecule has 1 atom stereocenters. The van der Waals surface area contributed by atoms with Crippen LogP contribution in [0, 0.1) is 5.92 Å². The highest BCUT2D eigenvalue weighted by Crippen LogP contribution is 2.26. The molecule has 1 saturated heterocycles. The molecule has 1 aliphatic heterocycles. The van der Waals surface area contributed by atoms with Crippen molar-refractivity contribution in [1.29, 1.82) is 0 Å². The molecular formula is C16H23NO5S2. The smallest absolute Gasteiger partial charge is 0.243 e. The zero-order chi connectivity index (χ0) is 18.1. The van der Waals surface area contributed by atoms with Crippen LogP contribution >= 0.6 is 0 Å². The molecule has 0 bridgehead atoms. The second-order valence-corrected chi connectivity index (χ2v) is 10.7. The monoisotopic (exact) mass is 373 g/mol. The Kier molecular flexibility index (Phi) is 5.51. The van der Waals surface area contributed by atoms with E-state index >= 15 is 0 Å². The molecule has 6 nitrogen and oxygen atoms in total. The van der Waals surface area contributed by atoms with Crippen molar-refractivity contribution in [2.45, 2.75) is 38.1 Å². The average molecular weight is 373 g/mol. The minimum absolute atomic E-state index is 0.0189. The van der Waals surface area contributed by atoms with Crippen LogP contribution in [0.2, 0.25) is 0 Å². The normalized spacial score (nSPS) is 20.6. The molecule has 134 valence electrons. The Bertz CT molecular complexity index is 811. The summed E-state index contributed by atoms with van der Waals surface area (Å²) in [6, 6.07) is 5.24. The molecule has 1 heterocycles. The van der Waals surface area contributed by atoms with Crippen molar-refractivity contribution in [1.82, 2.24) is 4.31 Å². The first-order valence-corrected chi connectivity index (χ1v) is 11.1. The van der Waals surface area contributed by atoms with Gasteiger partial charge in [0.25, 0.3) is 0 Å². The molecule has 0 N–H and O–H groups in total. The molecular weight excluding hydrogens is 350 g/mol. The van der Waals surface area contributed by atoms with Gasteiger partial charge < -0.3 is 0 Å². The molecule has 1 aromatic rings. The molecule has 24 heavy (non-hydrogen) atoms. The fraction of sp³-hybridized carbons (Fsp3) is 0.562. The predicted octanol–water partition coefficient (Wildman–Crippen LogP) is 1.72. The van der Waals surface area contributed by atoms with Crippen molar-refractivity contribution < 1.29 is 21.6 Å². The van der Waals surface area contributed by atoms with E-state index in [1.165, 1.54) is 35.5 Å². The summed E-state index contributed by atoms with van der Waals surface area (Å²) >= 11 is 0. The summed E-state index contributed by atoms with van der Waals surface area (Å²) in [5.74, 6) is -0.186. The van der Waals surface area contributed by atoms with Gasteiger partial charge in [-0.15, -0.1) is 0 Å². The van der Waals surface area contributed by atoms with Crippen LogP contribution in [-0.2, 0) is 19.9 Å². The number of nitrogens with zero attached hydrogens (tertiary/aromatic N) is 1. The molecule has 0 amide bonds. The maximum atomic E-state index is 13.0. The lowest BCUT2D eigenvalue weighted by atomic mass is 10.2. The lowest BCUT2D eigenvalue weighted by Crippen LogP contribution is -2.43. The lowest BCUT2D eigenvalue weighted by Gasteiger charge is -2.29. The summed E-state index contributed by atoms with van der Waals surface area (Å²) in [6.07, 6.45) is 0.319. The maximum absolute atomic E-state index is 13.0. The fourth-order valence-electron chi connectivity index (χ4n) is 2.80. The average Bonchev–Trinajstić information content (AvgIpc) is 2.84. The van der Waals surface area contributed by atoms with E-state index in [0.29, 0.717) is 12.0 Å². The van der Waals surface area contributed by atoms with Crippen LogP contribution in [0.5, 0.6) is 0 Å². The molecule has 0 spiro atoms. The predicted molar refractivity (Wildman–Crippen MR) is 92.2 cm³/mol. The molecule has 0 radical (unpaired) electrons. The Balaban J connectivity index is 2.38. The van der Waals surface area contributed by atoms with Gasteiger partial charge in [-0.2, -0.15) is 4.31 Å². The second-order valence-electron chi connectivity index (χ2n) is 6.61. The SMILES string of the molecule is CC(=O)c1ccc(S(=O)(=O)N(CC(C)C)C2CCS(=O)(=O)C2)cc1. The summed E-state index contributed by atoms with van der Waals surface area (Å²) in [7, 11) is -7.00. The molecule has 0 saturated carbocycles. The number of Topliss-reactive ketones (excluding diaryl/α,β-unsaturated/α-hetero) is 1. The molecule has 0 aromatic heterocycles. The third-order valence-corrected chi connectivity index (χ3v) is 7.71. The first-order valence-electron chi connectivity index (χ1n) is 7.86. The van der Waals surface area contributed by atoms with E-state index in [9.17, 15) is 21.6 Å². The molecule has 1 fully saturated rings. The number of sulfone groups is 1. The summed E-state index contributed by atoms with van der Waals surface area (Å²) in [6.45, 7) is 5.46. The highest BCUT2D eigenvalue weighted by molar-refractivity contribution is 7.92. The van der Waals surface area contributed by atoms with Gasteiger partial charge in [-0.25, -0.2) is 16.8 Å². The van der Waals surface area contributed by atoms with Crippen LogP contribution in [0.4, 0.5) is 0 Å². The van der Waals surface area contributed by atoms with Gasteiger partial charge in [-0.1, -0.05) is 26.0 Å². The number of carbonyl (C=O) groups excluding carboxylic acids is 1. The van der Waals surface area contributed by atoms with E-state index < -0.39 is 25.9 Å². The summed E-state index contributed by atoms with van der Waals surface area (Å²) in [5.41, 5.74) is 0.438. The molecule has 0 aliphatic carbocycles. The van der Waals surface area contributed by atoms with Crippen LogP contribution in [0.15, 0.2) is 29.2 Å². The standard InChI is InChI=1S/C16H23NO5S2/c1-12(2)10-17(15-8-9-23(19,20)11-15)24(21,22)16-6-4-14(5-7-16)13(3)18/h4-7,12,15H,8-11H2,1-3H3. The summed E-state index contributed by atoms with van der Waals surface area (Å²) in [5, 5.41) is 0. The Hall–Kier alpha value is -1.25. The van der Waals surface area contributed by atoms with Gasteiger partial charge in [0.2, 0.25) is 10.0 Å². The van der Waals surface area contributed by atoms with Crippen LogP contribution < -0.4 is 0 Å². The number of hydrogen-bond acceptors (Lipinski definition) is 5. The van der Waals surface area contributed by atoms with E-state index in [1.807, 2.05) is 13.8 Å². The molecule has 2 rings (SSSR count). The van der Waals surface area contributed by atoms with Crippen LogP contribution in [0.25, 0.3) is 0 Å². The Labute approximate surface area is 143 Å². The third kappa shape index (κ3) is 4.23. The Morgan fingerprint density at radius 2 is 1.83 bits per heavy atom. The van der Waals surface area contributed by atoms with Crippen molar-refractivity contribution in [2.75, 3.05) is 18.1 Å². The highest BCUT2D eigenvalue weighted by atomic mass is 32.2. The molecule has 1 unspecified atom stereocenters. The van der Waals surface area contributed by atoms with Crippen molar-refractivity contribution in [2.24, 2.45) is 5.92 Å². The number of hydrogen-bond donors (Lipinski definition) is 0. The third-order valence-electron chi connectivity index (χ3n) is 4.03. The topological polar surface area (TPSA) is 88.6 Å². The van der Waals surface area contributed by atoms with Crippen LogP contribution in [0.1, 0.15) is 37.6 Å². The zero-order valence-corrected chi connectivity index (χ0v) is 15.7. The minimum atomic E-state index is -3.81. The van der Waals surface area contributed by atoms with E-state index in [0.717, 1.165) is 0 Å². The second kappa shape index (κ2) is 6.93. The molecule has 1 aliphatic rings. The lowest BCUT2D eigenvalue weighted by molar-refractivity contribution is 0.101. The van der Waals surface area contributed by atoms with Gasteiger partial charge in [0, 0.05) is 18.2 Å². The van der Waals surface area contributed by atoms with Gasteiger partial charge in [-0.05, 0) is 31.4 Å². The number of ketones is 1. The number of rotatable bonds is 6. The quantitative estimate of drug-likeness (QED) is 0.709. The molecule has 1 aromatic carbocycles. The van der Waals surface area contributed by atoms with Gasteiger partial charge in [0.05, 0.1) is 16.4 Å². The van der Waals surface area contributed by atoms with E-state index in [-0.39, 0.29) is 34.6 Å². The number of sulfonamides is 1. The van der Waals surface area contributed by atoms with Gasteiger partial charge in [-0.3, -0.25) is 4.79 Å². The first kappa shape index (κ1) is 19.1. The number of benzene rings is 1. The Morgan fingerprint density at radius 3 is 2.25 bits per heavy atom. The van der Waals surface area contributed by atoms with Crippen LogP contribution in [-0.4, -0.2) is 51.0 Å². The van der Waals surface area contributed by atoms with Gasteiger partial charge >= 0.3 is 0 Å². The van der Waals surface area contributed by atoms with E-state index in [4.69, 9.17) is 0 Å². The molecule has 8 heteroatoms. The fourth-order valence-corrected chi connectivity index (χ4v) is 6.45. The highest BCUT2D eigenvalue weighted by Gasteiger charge is 2.38. The van der Waals surface area contributed by atoms with Crippen molar-refractivity contribution in [3.8, 4) is 0 Å². The summed E-state index contributed by atoms with van der Waals surface area (Å²) < 4.78 is 50.8. The van der Waals surface area contributed by atoms with E-state index in [1.54, 1.807) is 0 Å². The Morgan fingerprint density at radius 1 is 1.25 bits per heavy atom. The minimum Gasteiger partial charge on any atom is -0.295 e.